The Morgan fingerprint density at radius 1 is 0.895 bits per heavy atom. The average molecular weight is 271 g/mol. The van der Waals surface area contributed by atoms with E-state index < -0.39 is 23.7 Å². The summed E-state index contributed by atoms with van der Waals surface area (Å²) in [7, 11) is 0. The normalized spacial score (nSPS) is 11.9. The second-order valence-corrected chi connectivity index (χ2v) is 3.84. The predicted molar refractivity (Wildman–Crippen MR) is 60.7 cm³/mol. The molecule has 0 fully saturated rings. The van der Waals surface area contributed by atoms with E-state index >= 15 is 0 Å². The Labute approximate surface area is 106 Å². The van der Waals surface area contributed by atoms with Gasteiger partial charge in [-0.15, -0.1) is 0 Å². The highest BCUT2D eigenvalue weighted by atomic mass is 19.4. The maximum Gasteiger partial charge on any atom is 0.417 e. The summed E-state index contributed by atoms with van der Waals surface area (Å²) in [5.41, 5.74) is -1.87. The minimum atomic E-state index is -4.63. The maximum absolute atomic E-state index is 12.8. The highest BCUT2D eigenvalue weighted by Gasteiger charge is 2.34. The molecule has 0 heterocycles. The Morgan fingerprint density at radius 2 is 1.53 bits per heavy atom. The van der Waals surface area contributed by atoms with Gasteiger partial charge >= 0.3 is 6.18 Å². The third-order valence-electron chi connectivity index (χ3n) is 2.63. The monoisotopic (exact) mass is 271 g/mol. The summed E-state index contributed by atoms with van der Waals surface area (Å²) in [4.78, 5) is 0. The quantitative estimate of drug-likeness (QED) is 0.666. The first kappa shape index (κ1) is 13.5. The van der Waals surface area contributed by atoms with Crippen LogP contribution in [0.5, 0.6) is 0 Å². The van der Waals surface area contributed by atoms with E-state index in [2.05, 4.69) is 6.07 Å². The van der Waals surface area contributed by atoms with Gasteiger partial charge in [0.05, 0.1) is 5.56 Å². The average Bonchev–Trinajstić information content (AvgIpc) is 2.37. The number of halogens is 5. The number of hydrogen-bond donors (Lipinski definition) is 0. The van der Waals surface area contributed by atoms with Gasteiger partial charge < -0.3 is 0 Å². The van der Waals surface area contributed by atoms with Gasteiger partial charge in [0.15, 0.2) is 0 Å². The maximum atomic E-state index is 12.8. The lowest BCUT2D eigenvalue weighted by Crippen LogP contribution is -2.08. The first-order valence-corrected chi connectivity index (χ1v) is 5.36. The van der Waals surface area contributed by atoms with E-state index in [1.165, 1.54) is 30.3 Å². The number of hydrogen-bond acceptors (Lipinski definition) is 0. The van der Waals surface area contributed by atoms with Gasteiger partial charge in [0, 0.05) is 5.56 Å². The van der Waals surface area contributed by atoms with Crippen molar-refractivity contribution < 1.29 is 22.0 Å². The summed E-state index contributed by atoms with van der Waals surface area (Å²) < 4.78 is 64.2. The van der Waals surface area contributed by atoms with E-state index in [1.807, 2.05) is 0 Å². The van der Waals surface area contributed by atoms with Crippen LogP contribution >= 0.6 is 0 Å². The SMILES string of the molecule is FC(F)c1ccccc1-c1ccc[c]c1C(F)(F)F. The zero-order chi connectivity index (χ0) is 14.0. The molecule has 0 unspecified atom stereocenters. The lowest BCUT2D eigenvalue weighted by Gasteiger charge is -2.15. The molecular weight excluding hydrogens is 263 g/mol. The van der Waals surface area contributed by atoms with Crippen LogP contribution in [-0.4, -0.2) is 0 Å². The van der Waals surface area contributed by atoms with Gasteiger partial charge in [-0.05, 0) is 17.2 Å². The second-order valence-electron chi connectivity index (χ2n) is 3.84. The van der Waals surface area contributed by atoms with Crippen LogP contribution in [0.25, 0.3) is 11.1 Å². The highest BCUT2D eigenvalue weighted by molar-refractivity contribution is 5.71. The summed E-state index contributed by atoms with van der Waals surface area (Å²) in [5, 5.41) is 0. The lowest BCUT2D eigenvalue weighted by molar-refractivity contribution is -0.137. The number of rotatable bonds is 2. The van der Waals surface area contributed by atoms with Crippen molar-refractivity contribution in [3.05, 3.63) is 59.7 Å². The van der Waals surface area contributed by atoms with Crippen LogP contribution in [0, 0.1) is 6.07 Å². The van der Waals surface area contributed by atoms with E-state index in [9.17, 15) is 22.0 Å². The van der Waals surface area contributed by atoms with Crippen molar-refractivity contribution in [2.24, 2.45) is 0 Å². The fourth-order valence-electron chi connectivity index (χ4n) is 1.83. The molecule has 1 radical (unpaired) electrons. The Hall–Kier alpha value is -1.91. The molecule has 2 aromatic rings. The van der Waals surface area contributed by atoms with E-state index in [1.54, 1.807) is 0 Å². The number of benzene rings is 2. The van der Waals surface area contributed by atoms with E-state index in [4.69, 9.17) is 0 Å². The van der Waals surface area contributed by atoms with E-state index in [0.29, 0.717) is 0 Å². The molecule has 19 heavy (non-hydrogen) atoms. The molecule has 99 valence electrons. The van der Waals surface area contributed by atoms with Crippen molar-refractivity contribution in [2.45, 2.75) is 12.6 Å². The predicted octanol–water partition coefficient (Wildman–Crippen LogP) is 5.11. The molecule has 2 rings (SSSR count). The molecule has 0 bridgehead atoms. The fraction of sp³-hybridized carbons (Fsp3) is 0.143. The smallest absolute Gasteiger partial charge is 0.205 e. The van der Waals surface area contributed by atoms with Crippen molar-refractivity contribution in [3.8, 4) is 11.1 Å². The van der Waals surface area contributed by atoms with Crippen LogP contribution in [0.4, 0.5) is 22.0 Å². The largest absolute Gasteiger partial charge is 0.417 e. The molecule has 5 heteroatoms. The van der Waals surface area contributed by atoms with Crippen molar-refractivity contribution in [3.63, 3.8) is 0 Å². The van der Waals surface area contributed by atoms with Gasteiger partial charge in [0.1, 0.15) is 0 Å². The molecule has 0 atom stereocenters. The second kappa shape index (κ2) is 4.99. The summed E-state index contributed by atoms with van der Waals surface area (Å²) >= 11 is 0. The van der Waals surface area contributed by atoms with E-state index in [-0.39, 0.29) is 11.1 Å². The molecule has 0 aliphatic heterocycles. The minimum Gasteiger partial charge on any atom is -0.205 e. The molecule has 2 aromatic carbocycles. The van der Waals surface area contributed by atoms with Gasteiger partial charge in [0.2, 0.25) is 0 Å². The van der Waals surface area contributed by atoms with Crippen molar-refractivity contribution in [1.82, 2.24) is 0 Å². The van der Waals surface area contributed by atoms with E-state index in [0.717, 1.165) is 12.1 Å². The summed E-state index contributed by atoms with van der Waals surface area (Å²) in [6.45, 7) is 0. The first-order valence-electron chi connectivity index (χ1n) is 5.36. The topological polar surface area (TPSA) is 0 Å². The Balaban J connectivity index is 2.67. The molecule has 0 aliphatic rings. The molecular formula is C14H8F5. The molecule has 0 aliphatic carbocycles. The van der Waals surface area contributed by atoms with Gasteiger partial charge in [-0.1, -0.05) is 42.5 Å². The summed E-state index contributed by atoms with van der Waals surface area (Å²) in [6, 6.07) is 10.8. The minimum absolute atomic E-state index is 0.123. The molecule has 0 nitrogen and oxygen atoms in total. The van der Waals surface area contributed by atoms with Crippen LogP contribution in [0.3, 0.4) is 0 Å². The highest BCUT2D eigenvalue weighted by Crippen LogP contribution is 2.39. The standard InChI is InChI=1S/C14H8F5/c15-13(16)11-7-2-1-5-9(11)10-6-3-4-8-12(10)14(17,18)19/h1-7,13H. The van der Waals surface area contributed by atoms with Gasteiger partial charge in [-0.25, -0.2) is 8.78 Å². The van der Waals surface area contributed by atoms with Gasteiger partial charge in [0.25, 0.3) is 6.43 Å². The molecule has 0 saturated heterocycles. The Kier molecular flexibility index (Phi) is 3.55. The molecule has 0 amide bonds. The van der Waals surface area contributed by atoms with Crippen LogP contribution < -0.4 is 0 Å². The Morgan fingerprint density at radius 3 is 2.16 bits per heavy atom. The van der Waals surface area contributed by atoms with Crippen LogP contribution in [0.2, 0.25) is 0 Å². The van der Waals surface area contributed by atoms with Crippen molar-refractivity contribution in [1.29, 1.82) is 0 Å². The molecule has 0 saturated carbocycles. The van der Waals surface area contributed by atoms with Crippen LogP contribution in [-0.2, 0) is 6.18 Å². The van der Waals surface area contributed by atoms with Crippen LogP contribution in [0.15, 0.2) is 42.5 Å². The summed E-state index contributed by atoms with van der Waals surface area (Å²) in [5.74, 6) is 0. The lowest BCUT2D eigenvalue weighted by atomic mass is 9.95. The third kappa shape index (κ3) is 2.75. The zero-order valence-corrected chi connectivity index (χ0v) is 9.51. The molecule has 0 N–H and O–H groups in total. The van der Waals surface area contributed by atoms with Crippen molar-refractivity contribution in [2.75, 3.05) is 0 Å². The first-order chi connectivity index (χ1) is 8.91. The van der Waals surface area contributed by atoms with Crippen molar-refractivity contribution >= 4 is 0 Å². The van der Waals surface area contributed by atoms with Crippen LogP contribution in [0.1, 0.15) is 17.6 Å². The Bertz CT molecular complexity index is 572. The number of alkyl halides is 5. The third-order valence-corrected chi connectivity index (χ3v) is 2.63. The fourth-order valence-corrected chi connectivity index (χ4v) is 1.83. The summed E-state index contributed by atoms with van der Waals surface area (Å²) in [6.07, 6.45) is -7.47. The zero-order valence-electron chi connectivity index (χ0n) is 9.51. The molecule has 0 aromatic heterocycles. The molecule has 0 spiro atoms. The van der Waals surface area contributed by atoms with Gasteiger partial charge in [-0.2, -0.15) is 13.2 Å². The van der Waals surface area contributed by atoms with Gasteiger partial charge in [-0.3, -0.25) is 0 Å².